The zero-order chi connectivity index (χ0) is 16.9. The normalized spacial score (nSPS) is 17.8. The Bertz CT molecular complexity index is 706. The van der Waals surface area contributed by atoms with Gasteiger partial charge in [0.25, 0.3) is 0 Å². The molecule has 0 bridgehead atoms. The molecule has 24 heavy (non-hydrogen) atoms. The van der Waals surface area contributed by atoms with E-state index in [0.717, 1.165) is 11.4 Å². The van der Waals surface area contributed by atoms with Crippen molar-refractivity contribution in [3.63, 3.8) is 0 Å². The molecular formula is C16H20N4O3S. The Labute approximate surface area is 145 Å². The average molecular weight is 348 g/mol. The van der Waals surface area contributed by atoms with Gasteiger partial charge in [0, 0.05) is 13.1 Å². The predicted molar refractivity (Wildman–Crippen MR) is 90.6 cm³/mol. The van der Waals surface area contributed by atoms with Crippen LogP contribution in [0.1, 0.15) is 6.92 Å². The number of ether oxygens (including phenoxy) is 2. The minimum atomic E-state index is 0.0877. The lowest BCUT2D eigenvalue weighted by Gasteiger charge is -2.31. The molecule has 1 atom stereocenters. The lowest BCUT2D eigenvalue weighted by molar-refractivity contribution is -0.135. The van der Waals surface area contributed by atoms with Crippen molar-refractivity contribution in [1.82, 2.24) is 19.7 Å². The van der Waals surface area contributed by atoms with E-state index in [9.17, 15) is 4.79 Å². The number of aromatic nitrogens is 3. The van der Waals surface area contributed by atoms with Crippen molar-refractivity contribution in [2.24, 2.45) is 0 Å². The Morgan fingerprint density at radius 3 is 3.08 bits per heavy atom. The summed E-state index contributed by atoms with van der Waals surface area (Å²) in [6, 6.07) is 7.64. The van der Waals surface area contributed by atoms with Crippen molar-refractivity contribution < 1.29 is 14.3 Å². The van der Waals surface area contributed by atoms with E-state index in [0.29, 0.717) is 30.6 Å². The van der Waals surface area contributed by atoms with Crippen molar-refractivity contribution in [3.05, 3.63) is 30.6 Å². The summed E-state index contributed by atoms with van der Waals surface area (Å²) in [5.41, 5.74) is 0.847. The van der Waals surface area contributed by atoms with Crippen molar-refractivity contribution in [1.29, 1.82) is 0 Å². The van der Waals surface area contributed by atoms with Crippen LogP contribution < -0.4 is 4.74 Å². The second kappa shape index (κ2) is 7.67. The van der Waals surface area contributed by atoms with E-state index in [4.69, 9.17) is 9.47 Å². The van der Waals surface area contributed by atoms with Gasteiger partial charge < -0.3 is 14.4 Å². The van der Waals surface area contributed by atoms with Crippen molar-refractivity contribution >= 4 is 17.7 Å². The third-order valence-electron chi connectivity index (χ3n) is 3.78. The average Bonchev–Trinajstić information content (AvgIpc) is 3.08. The molecule has 128 valence electrons. The van der Waals surface area contributed by atoms with Crippen LogP contribution in [0.15, 0.2) is 35.7 Å². The Hall–Kier alpha value is -2.06. The summed E-state index contributed by atoms with van der Waals surface area (Å²) >= 11 is 1.37. The Balaban J connectivity index is 1.69. The first-order chi connectivity index (χ1) is 11.7. The Kier molecular flexibility index (Phi) is 5.37. The number of hydrogen-bond donors (Lipinski definition) is 0. The maximum Gasteiger partial charge on any atom is 0.233 e. The van der Waals surface area contributed by atoms with Crippen LogP contribution in [0.3, 0.4) is 0 Å². The molecule has 1 fully saturated rings. The number of morpholine rings is 1. The number of thioether (sulfide) groups is 1. The fourth-order valence-electron chi connectivity index (χ4n) is 2.58. The molecule has 2 aromatic rings. The molecule has 7 nitrogen and oxygen atoms in total. The number of nitrogens with zero attached hydrogens (tertiary/aromatic N) is 4. The number of rotatable bonds is 5. The minimum Gasteiger partial charge on any atom is -0.495 e. The molecule has 1 aliphatic rings. The van der Waals surface area contributed by atoms with Gasteiger partial charge in [-0.05, 0) is 19.1 Å². The number of para-hydroxylation sites is 2. The second-order valence-corrected chi connectivity index (χ2v) is 6.41. The SMILES string of the molecule is COc1ccccc1-n1cnnc1SCC(=O)N1CCO[C@H](C)C1. The van der Waals surface area contributed by atoms with Crippen LogP contribution in [-0.2, 0) is 9.53 Å². The predicted octanol–water partition coefficient (Wildman–Crippen LogP) is 1.62. The number of benzene rings is 1. The lowest BCUT2D eigenvalue weighted by atomic mass is 10.3. The van der Waals surface area contributed by atoms with E-state index in [-0.39, 0.29) is 12.0 Å². The zero-order valence-electron chi connectivity index (χ0n) is 13.7. The van der Waals surface area contributed by atoms with Gasteiger partial charge in [0.2, 0.25) is 5.91 Å². The summed E-state index contributed by atoms with van der Waals surface area (Å²) in [4.78, 5) is 14.2. The highest BCUT2D eigenvalue weighted by Gasteiger charge is 2.22. The number of carbonyl (C=O) groups excluding carboxylic acids is 1. The summed E-state index contributed by atoms with van der Waals surface area (Å²) in [7, 11) is 1.62. The maximum absolute atomic E-state index is 12.4. The van der Waals surface area contributed by atoms with Crippen LogP contribution in [0, 0.1) is 0 Å². The molecule has 0 saturated carbocycles. The van der Waals surface area contributed by atoms with Gasteiger partial charge in [-0.25, -0.2) is 0 Å². The Morgan fingerprint density at radius 2 is 2.29 bits per heavy atom. The van der Waals surface area contributed by atoms with Gasteiger partial charge in [-0.1, -0.05) is 23.9 Å². The van der Waals surface area contributed by atoms with Gasteiger partial charge in [0.15, 0.2) is 5.16 Å². The number of carbonyl (C=O) groups is 1. The summed E-state index contributed by atoms with van der Waals surface area (Å²) in [6.45, 7) is 3.85. The second-order valence-electron chi connectivity index (χ2n) is 5.47. The standard InChI is InChI=1S/C16H20N4O3S/c1-12-9-19(7-8-23-12)15(21)10-24-16-18-17-11-20(16)13-5-3-4-6-14(13)22-2/h3-6,11-12H,7-10H2,1-2H3/t12-/m1/s1. The summed E-state index contributed by atoms with van der Waals surface area (Å²) < 4.78 is 12.7. The summed E-state index contributed by atoms with van der Waals surface area (Å²) in [6.07, 6.45) is 1.71. The first-order valence-corrected chi connectivity index (χ1v) is 8.73. The van der Waals surface area contributed by atoms with Crippen LogP contribution in [-0.4, -0.2) is 64.2 Å². The topological polar surface area (TPSA) is 69.5 Å². The number of amides is 1. The molecule has 1 aromatic heterocycles. The molecule has 1 aliphatic heterocycles. The van der Waals surface area contributed by atoms with E-state index < -0.39 is 0 Å². The van der Waals surface area contributed by atoms with E-state index in [1.165, 1.54) is 11.8 Å². The molecule has 1 saturated heterocycles. The van der Waals surface area contributed by atoms with Gasteiger partial charge in [0.1, 0.15) is 12.1 Å². The molecule has 2 heterocycles. The van der Waals surface area contributed by atoms with Crippen LogP contribution in [0.5, 0.6) is 5.75 Å². The fourth-order valence-corrected chi connectivity index (χ4v) is 3.40. The van der Waals surface area contributed by atoms with E-state index in [1.807, 2.05) is 40.7 Å². The highest BCUT2D eigenvalue weighted by Crippen LogP contribution is 2.26. The molecule has 0 N–H and O–H groups in total. The van der Waals surface area contributed by atoms with Gasteiger partial charge in [-0.15, -0.1) is 10.2 Å². The highest BCUT2D eigenvalue weighted by molar-refractivity contribution is 7.99. The van der Waals surface area contributed by atoms with Gasteiger partial charge >= 0.3 is 0 Å². The van der Waals surface area contributed by atoms with E-state index in [2.05, 4.69) is 10.2 Å². The molecule has 1 aromatic carbocycles. The van der Waals surface area contributed by atoms with Crippen molar-refractivity contribution in [2.45, 2.75) is 18.2 Å². The van der Waals surface area contributed by atoms with Crippen LogP contribution in [0.25, 0.3) is 5.69 Å². The van der Waals surface area contributed by atoms with Gasteiger partial charge in [0.05, 0.1) is 31.3 Å². The lowest BCUT2D eigenvalue weighted by Crippen LogP contribution is -2.45. The molecular weight excluding hydrogens is 328 g/mol. The number of hydrogen-bond acceptors (Lipinski definition) is 6. The van der Waals surface area contributed by atoms with Crippen LogP contribution in [0.2, 0.25) is 0 Å². The third-order valence-corrected chi connectivity index (χ3v) is 4.71. The highest BCUT2D eigenvalue weighted by atomic mass is 32.2. The van der Waals surface area contributed by atoms with Crippen molar-refractivity contribution in [3.8, 4) is 11.4 Å². The molecule has 0 aliphatic carbocycles. The molecule has 0 spiro atoms. The molecule has 3 rings (SSSR count). The van der Waals surface area contributed by atoms with Gasteiger partial charge in [-0.2, -0.15) is 0 Å². The molecule has 1 amide bonds. The fraction of sp³-hybridized carbons (Fsp3) is 0.438. The monoisotopic (exact) mass is 348 g/mol. The largest absolute Gasteiger partial charge is 0.495 e. The van der Waals surface area contributed by atoms with Crippen molar-refractivity contribution in [2.75, 3.05) is 32.6 Å². The Morgan fingerprint density at radius 1 is 1.46 bits per heavy atom. The van der Waals surface area contributed by atoms with E-state index in [1.54, 1.807) is 13.4 Å². The smallest absolute Gasteiger partial charge is 0.233 e. The van der Waals surface area contributed by atoms with E-state index >= 15 is 0 Å². The first kappa shape index (κ1) is 16.8. The molecule has 0 radical (unpaired) electrons. The zero-order valence-corrected chi connectivity index (χ0v) is 14.5. The third kappa shape index (κ3) is 3.70. The maximum atomic E-state index is 12.4. The minimum absolute atomic E-state index is 0.0877. The van der Waals surface area contributed by atoms with Crippen LogP contribution >= 0.6 is 11.8 Å². The molecule has 8 heteroatoms. The van der Waals surface area contributed by atoms with Crippen LogP contribution in [0.4, 0.5) is 0 Å². The quantitative estimate of drug-likeness (QED) is 0.765. The first-order valence-electron chi connectivity index (χ1n) is 7.74. The summed E-state index contributed by atoms with van der Waals surface area (Å²) in [5, 5.41) is 8.75. The molecule has 0 unspecified atom stereocenters. The summed E-state index contributed by atoms with van der Waals surface area (Å²) in [5.74, 6) is 1.14. The van der Waals surface area contributed by atoms with Gasteiger partial charge in [-0.3, -0.25) is 9.36 Å². The number of methoxy groups -OCH3 is 1.